The molecule has 6 rings (SSSR count). The lowest BCUT2D eigenvalue weighted by atomic mass is 10.0. The van der Waals surface area contributed by atoms with Crippen LogP contribution in [-0.4, -0.2) is 94.5 Å². The van der Waals surface area contributed by atoms with Crippen molar-refractivity contribution in [2.75, 3.05) is 39.8 Å². The van der Waals surface area contributed by atoms with Crippen LogP contribution in [0.25, 0.3) is 0 Å². The lowest BCUT2D eigenvalue weighted by Gasteiger charge is -2.32. The first-order valence-electron chi connectivity index (χ1n) is 14.5. The van der Waals surface area contributed by atoms with E-state index in [0.717, 1.165) is 16.5 Å². The number of sulfonamides is 1. The average Bonchev–Trinajstić information content (AvgIpc) is 3.76. The Morgan fingerprint density at radius 2 is 1.81 bits per heavy atom. The number of fused-ring (bicyclic) bond motifs is 2. The second-order valence-corrected chi connectivity index (χ2v) is 12.7. The molecular formula is C29H36N2O11S. The van der Waals surface area contributed by atoms with E-state index in [9.17, 15) is 18.3 Å². The molecule has 13 nitrogen and oxygen atoms in total. The van der Waals surface area contributed by atoms with Gasteiger partial charge in [0, 0.05) is 19.3 Å². The van der Waals surface area contributed by atoms with E-state index in [4.69, 9.17) is 33.3 Å². The summed E-state index contributed by atoms with van der Waals surface area (Å²) in [4.78, 5) is 19.0. The Morgan fingerprint density at radius 1 is 1.02 bits per heavy atom. The van der Waals surface area contributed by atoms with Crippen LogP contribution >= 0.6 is 0 Å². The highest BCUT2D eigenvalue weighted by molar-refractivity contribution is 7.89. The van der Waals surface area contributed by atoms with Gasteiger partial charge in [-0.2, -0.15) is 0 Å². The molecule has 0 bridgehead atoms. The first-order valence-corrected chi connectivity index (χ1v) is 15.9. The zero-order valence-electron chi connectivity index (χ0n) is 23.5. The van der Waals surface area contributed by atoms with Crippen molar-refractivity contribution in [1.82, 2.24) is 9.79 Å². The van der Waals surface area contributed by atoms with Gasteiger partial charge in [0.15, 0.2) is 17.8 Å². The number of nitrogens with one attached hydrogen (secondary N) is 1. The summed E-state index contributed by atoms with van der Waals surface area (Å²) >= 11 is 0. The summed E-state index contributed by atoms with van der Waals surface area (Å²) in [7, 11) is -4.28. The molecular weight excluding hydrogens is 584 g/mol. The van der Waals surface area contributed by atoms with Crippen LogP contribution in [0.2, 0.25) is 0 Å². The van der Waals surface area contributed by atoms with E-state index in [0.29, 0.717) is 44.2 Å². The second kappa shape index (κ2) is 13.3. The Balaban J connectivity index is 1.21. The number of carbonyl (C=O) groups excluding carboxylic acids is 1. The number of aliphatic hydroxyl groups is 1. The van der Waals surface area contributed by atoms with E-state index in [2.05, 4.69) is 5.32 Å². The van der Waals surface area contributed by atoms with Crippen molar-refractivity contribution in [3.05, 3.63) is 54.1 Å². The summed E-state index contributed by atoms with van der Waals surface area (Å²) in [5.74, 6) is 0.674. The molecule has 234 valence electrons. The Bertz CT molecular complexity index is 1360. The molecule has 0 spiro atoms. The van der Waals surface area contributed by atoms with E-state index in [1.54, 1.807) is 0 Å². The predicted molar refractivity (Wildman–Crippen MR) is 149 cm³/mol. The normalized spacial score (nSPS) is 24.9. The standard InChI is InChI=1S/C29H36N2O11S/c32-24(23(14-19-4-2-1-3-5-19)30-29(33)41-27-17-38-28-22(27)10-13-37-28)16-31(42-20-8-11-36-12-9-20)43(34,35)21-6-7-25-26(15-21)40-18-39-25/h1-7,15,20,22-24,27-28,32H,8-14,16-18H2,(H,30,33)/t22-,23-,24+,27?,28+/m0/s1. The number of hydrogen-bond acceptors (Lipinski definition) is 11. The zero-order chi connectivity index (χ0) is 29.8. The van der Waals surface area contributed by atoms with Gasteiger partial charge in [0.1, 0.15) is 6.10 Å². The molecule has 3 saturated heterocycles. The molecule has 0 saturated carbocycles. The third-order valence-corrected chi connectivity index (χ3v) is 9.61. The quantitative estimate of drug-likeness (QED) is 0.355. The molecule has 14 heteroatoms. The number of amides is 1. The van der Waals surface area contributed by atoms with Gasteiger partial charge in [-0.05, 0) is 43.4 Å². The first kappa shape index (κ1) is 30.1. The molecule has 0 aromatic heterocycles. The number of rotatable bonds is 11. The van der Waals surface area contributed by atoms with Crippen molar-refractivity contribution >= 4 is 16.1 Å². The van der Waals surface area contributed by atoms with Gasteiger partial charge in [-0.25, -0.2) is 13.2 Å². The smallest absolute Gasteiger partial charge is 0.407 e. The fourth-order valence-corrected chi connectivity index (χ4v) is 6.92. The summed E-state index contributed by atoms with van der Waals surface area (Å²) in [6, 6.07) is 12.6. The number of nitrogens with zero attached hydrogens (tertiary/aromatic N) is 1. The van der Waals surface area contributed by atoms with E-state index in [1.165, 1.54) is 18.2 Å². The molecule has 0 aliphatic carbocycles. The van der Waals surface area contributed by atoms with Crippen molar-refractivity contribution in [2.24, 2.45) is 5.92 Å². The van der Waals surface area contributed by atoms with Crippen molar-refractivity contribution in [3.63, 3.8) is 0 Å². The topological polar surface area (TPSA) is 151 Å². The number of aliphatic hydroxyl groups excluding tert-OH is 1. The van der Waals surface area contributed by atoms with Gasteiger partial charge >= 0.3 is 6.09 Å². The first-order chi connectivity index (χ1) is 20.9. The third kappa shape index (κ3) is 7.06. The largest absolute Gasteiger partial charge is 0.454 e. The van der Waals surface area contributed by atoms with Gasteiger partial charge < -0.3 is 38.8 Å². The fraction of sp³-hybridized carbons (Fsp3) is 0.552. The highest BCUT2D eigenvalue weighted by Crippen LogP contribution is 2.35. The van der Waals surface area contributed by atoms with Crippen LogP contribution in [0.15, 0.2) is 53.4 Å². The molecule has 0 radical (unpaired) electrons. The number of carbonyl (C=O) groups is 1. The third-order valence-electron chi connectivity index (χ3n) is 7.99. The number of alkyl carbamates (subject to hydrolysis) is 1. The minimum absolute atomic E-state index is 0.00974. The van der Waals surface area contributed by atoms with Crippen LogP contribution < -0.4 is 14.8 Å². The van der Waals surface area contributed by atoms with Gasteiger partial charge in [-0.1, -0.05) is 34.8 Å². The number of hydrogen-bond donors (Lipinski definition) is 2. The van der Waals surface area contributed by atoms with Crippen LogP contribution in [-0.2, 0) is 40.2 Å². The van der Waals surface area contributed by atoms with Crippen LogP contribution in [0.5, 0.6) is 11.5 Å². The Hall–Kier alpha value is -2.98. The van der Waals surface area contributed by atoms with Crippen molar-refractivity contribution in [1.29, 1.82) is 0 Å². The highest BCUT2D eigenvalue weighted by Gasteiger charge is 2.44. The van der Waals surface area contributed by atoms with Crippen molar-refractivity contribution in [3.8, 4) is 11.5 Å². The molecule has 4 heterocycles. The van der Waals surface area contributed by atoms with Gasteiger partial charge in [0.25, 0.3) is 10.0 Å². The number of ether oxygens (including phenoxy) is 6. The number of benzene rings is 2. The van der Waals surface area contributed by atoms with Crippen LogP contribution in [0.3, 0.4) is 0 Å². The minimum Gasteiger partial charge on any atom is -0.454 e. The Labute approximate surface area is 249 Å². The average molecular weight is 621 g/mol. The number of hydroxylamine groups is 1. The predicted octanol–water partition coefficient (Wildman–Crippen LogP) is 1.98. The van der Waals surface area contributed by atoms with E-state index in [-0.39, 0.29) is 36.9 Å². The maximum Gasteiger partial charge on any atom is 0.407 e. The van der Waals surface area contributed by atoms with E-state index < -0.39 is 47.0 Å². The lowest BCUT2D eigenvalue weighted by molar-refractivity contribution is -0.170. The second-order valence-electron chi connectivity index (χ2n) is 10.9. The van der Waals surface area contributed by atoms with E-state index >= 15 is 0 Å². The highest BCUT2D eigenvalue weighted by atomic mass is 32.2. The van der Waals surface area contributed by atoms with E-state index in [1.807, 2.05) is 30.3 Å². The molecule has 2 aromatic rings. The van der Waals surface area contributed by atoms with Crippen LogP contribution in [0, 0.1) is 5.92 Å². The molecule has 3 fully saturated rings. The summed E-state index contributed by atoms with van der Waals surface area (Å²) < 4.78 is 61.5. The monoisotopic (exact) mass is 620 g/mol. The molecule has 5 atom stereocenters. The van der Waals surface area contributed by atoms with Crippen molar-refractivity contribution in [2.45, 2.75) is 61.2 Å². The molecule has 43 heavy (non-hydrogen) atoms. The van der Waals surface area contributed by atoms with Gasteiger partial charge in [-0.3, -0.25) is 4.84 Å². The van der Waals surface area contributed by atoms with Crippen LogP contribution in [0.1, 0.15) is 24.8 Å². The molecule has 2 N–H and O–H groups in total. The zero-order valence-corrected chi connectivity index (χ0v) is 24.4. The van der Waals surface area contributed by atoms with Crippen molar-refractivity contribution < 1.29 is 51.6 Å². The summed E-state index contributed by atoms with van der Waals surface area (Å²) in [5, 5.41) is 14.3. The lowest BCUT2D eigenvalue weighted by Crippen LogP contribution is -2.52. The van der Waals surface area contributed by atoms with Gasteiger partial charge in [0.2, 0.25) is 6.79 Å². The summed E-state index contributed by atoms with van der Waals surface area (Å²) in [6.07, 6.45) is -1.54. The summed E-state index contributed by atoms with van der Waals surface area (Å²) in [5.41, 5.74) is 0.829. The summed E-state index contributed by atoms with van der Waals surface area (Å²) in [6.45, 7) is 1.13. The maximum absolute atomic E-state index is 13.9. The molecule has 4 aliphatic heterocycles. The Morgan fingerprint density at radius 3 is 2.63 bits per heavy atom. The fourth-order valence-electron chi connectivity index (χ4n) is 5.60. The minimum atomic E-state index is -4.28. The molecule has 1 unspecified atom stereocenters. The van der Waals surface area contributed by atoms with Crippen LogP contribution in [0.4, 0.5) is 4.79 Å². The SMILES string of the molecule is O=C(N[C@@H](Cc1ccccc1)[C@H](O)CN(OC1CCOCC1)S(=O)(=O)c1ccc2c(c1)OCO2)OC1CO[C@H]2OCC[C@@H]12. The maximum atomic E-state index is 13.9. The molecule has 2 aromatic carbocycles. The molecule has 1 amide bonds. The Kier molecular flexibility index (Phi) is 9.33. The van der Waals surface area contributed by atoms with Gasteiger partial charge in [-0.15, -0.1) is 0 Å². The molecule has 4 aliphatic rings. The van der Waals surface area contributed by atoms with Gasteiger partial charge in [0.05, 0.1) is 48.8 Å².